The van der Waals surface area contributed by atoms with Crippen LogP contribution in [0.1, 0.15) is 26.3 Å². The molecule has 2 aromatic heterocycles. The molecule has 0 aliphatic carbocycles. The number of ether oxygens (including phenoxy) is 2. The number of imidazole rings is 1. The van der Waals surface area contributed by atoms with Gasteiger partial charge < -0.3 is 19.5 Å². The van der Waals surface area contributed by atoms with Crippen LogP contribution in [0.25, 0.3) is 16.7 Å². The van der Waals surface area contributed by atoms with E-state index in [9.17, 15) is 14.7 Å². The fourth-order valence-corrected chi connectivity index (χ4v) is 3.96. The van der Waals surface area contributed by atoms with Crippen LogP contribution in [-0.4, -0.2) is 64.5 Å². The number of para-hydroxylation sites is 2. The van der Waals surface area contributed by atoms with Crippen molar-refractivity contribution in [2.24, 2.45) is 0 Å². The van der Waals surface area contributed by atoms with E-state index in [-0.39, 0.29) is 22.8 Å². The molecule has 1 N–H and O–H groups in total. The van der Waals surface area contributed by atoms with E-state index in [2.05, 4.69) is 4.98 Å². The summed E-state index contributed by atoms with van der Waals surface area (Å²) < 4.78 is 12.3. The SMILES string of the molecule is COc1ccc(O)c(C(=O)c2cc(C(=O)N3CCOCC3)c3nc4ccccc4n3c2)c1. The molecule has 1 amide bonds. The molecule has 0 bridgehead atoms. The lowest BCUT2D eigenvalue weighted by atomic mass is 10.0. The van der Waals surface area contributed by atoms with Gasteiger partial charge in [-0.15, -0.1) is 0 Å². The number of ketones is 1. The monoisotopic (exact) mass is 431 g/mol. The quantitative estimate of drug-likeness (QED) is 0.500. The third kappa shape index (κ3) is 3.34. The van der Waals surface area contributed by atoms with Crippen molar-refractivity contribution >= 4 is 28.4 Å². The van der Waals surface area contributed by atoms with Gasteiger partial charge in [0.1, 0.15) is 11.5 Å². The van der Waals surface area contributed by atoms with E-state index in [1.165, 1.54) is 19.2 Å². The average molecular weight is 431 g/mol. The number of carbonyl (C=O) groups excluding carboxylic acids is 2. The molecule has 8 nitrogen and oxygen atoms in total. The molecule has 32 heavy (non-hydrogen) atoms. The Morgan fingerprint density at radius 3 is 2.62 bits per heavy atom. The molecule has 1 fully saturated rings. The first kappa shape index (κ1) is 20.0. The summed E-state index contributed by atoms with van der Waals surface area (Å²) in [7, 11) is 1.49. The van der Waals surface area contributed by atoms with Crippen molar-refractivity contribution in [2.75, 3.05) is 33.4 Å². The largest absolute Gasteiger partial charge is 0.507 e. The van der Waals surface area contributed by atoms with E-state index in [1.54, 1.807) is 27.6 Å². The number of aromatic nitrogens is 2. The summed E-state index contributed by atoms with van der Waals surface area (Å²) in [5.41, 5.74) is 2.67. The molecule has 1 saturated heterocycles. The molecule has 4 aromatic rings. The number of methoxy groups -OCH3 is 1. The Balaban J connectivity index is 1.70. The first-order chi connectivity index (χ1) is 15.6. The number of benzene rings is 2. The highest BCUT2D eigenvalue weighted by atomic mass is 16.5. The molecule has 0 radical (unpaired) electrons. The molecule has 5 rings (SSSR count). The number of hydrogen-bond acceptors (Lipinski definition) is 6. The molecule has 1 aliphatic rings. The van der Waals surface area contributed by atoms with Gasteiger partial charge in [-0.05, 0) is 36.4 Å². The Bertz CT molecular complexity index is 1350. The normalized spacial score (nSPS) is 14.1. The maximum atomic E-state index is 13.4. The van der Waals surface area contributed by atoms with Crippen LogP contribution < -0.4 is 4.74 Å². The molecule has 0 saturated carbocycles. The van der Waals surface area contributed by atoms with E-state index in [1.807, 2.05) is 24.3 Å². The van der Waals surface area contributed by atoms with Crippen LogP contribution in [0.4, 0.5) is 0 Å². The summed E-state index contributed by atoms with van der Waals surface area (Å²) in [5.74, 6) is -0.340. The smallest absolute Gasteiger partial charge is 0.257 e. The molecular weight excluding hydrogens is 410 g/mol. The zero-order chi connectivity index (χ0) is 22.2. The molecule has 0 unspecified atom stereocenters. The number of morpholine rings is 1. The highest BCUT2D eigenvalue weighted by Gasteiger charge is 2.25. The van der Waals surface area contributed by atoms with Gasteiger partial charge >= 0.3 is 0 Å². The lowest BCUT2D eigenvalue weighted by Crippen LogP contribution is -2.41. The lowest BCUT2D eigenvalue weighted by molar-refractivity contribution is 0.0304. The van der Waals surface area contributed by atoms with E-state index in [4.69, 9.17) is 9.47 Å². The average Bonchev–Trinajstić information content (AvgIpc) is 3.22. The summed E-state index contributed by atoms with van der Waals surface area (Å²) in [5, 5.41) is 10.3. The van der Waals surface area contributed by atoms with Gasteiger partial charge in [0, 0.05) is 24.8 Å². The second-order valence-corrected chi connectivity index (χ2v) is 7.55. The molecule has 8 heteroatoms. The molecule has 3 heterocycles. The van der Waals surface area contributed by atoms with E-state index < -0.39 is 5.78 Å². The van der Waals surface area contributed by atoms with Crippen LogP contribution in [0, 0.1) is 0 Å². The van der Waals surface area contributed by atoms with Crippen LogP contribution >= 0.6 is 0 Å². The maximum absolute atomic E-state index is 13.4. The number of hydrogen-bond donors (Lipinski definition) is 1. The summed E-state index contributed by atoms with van der Waals surface area (Å²) >= 11 is 0. The van der Waals surface area contributed by atoms with Gasteiger partial charge in [0.15, 0.2) is 11.4 Å². The predicted molar refractivity (Wildman–Crippen MR) is 118 cm³/mol. The molecule has 0 spiro atoms. The topological polar surface area (TPSA) is 93.4 Å². The Morgan fingerprint density at radius 1 is 1.06 bits per heavy atom. The Morgan fingerprint density at radius 2 is 1.84 bits per heavy atom. The zero-order valence-electron chi connectivity index (χ0n) is 17.4. The minimum Gasteiger partial charge on any atom is -0.507 e. The number of aromatic hydroxyl groups is 1. The van der Waals surface area contributed by atoms with Gasteiger partial charge in [0.05, 0.1) is 42.5 Å². The summed E-state index contributed by atoms with van der Waals surface area (Å²) in [6.07, 6.45) is 1.65. The molecule has 2 aromatic carbocycles. The van der Waals surface area contributed by atoms with Crippen molar-refractivity contribution in [3.63, 3.8) is 0 Å². The lowest BCUT2D eigenvalue weighted by Gasteiger charge is -2.27. The number of pyridine rings is 1. The first-order valence-corrected chi connectivity index (χ1v) is 10.3. The standard InChI is InChI=1S/C24H21N3O5/c1-31-16-6-7-21(28)17(13-16)22(29)15-12-18(24(30)26-8-10-32-11-9-26)23-25-19-4-2-3-5-20(19)27(23)14-15/h2-7,12-14,28H,8-11H2,1H3. The van der Waals surface area contributed by atoms with Crippen LogP contribution in [0.15, 0.2) is 54.7 Å². The number of phenolic OH excluding ortho intramolecular Hbond substituents is 1. The fourth-order valence-electron chi connectivity index (χ4n) is 3.96. The Labute approximate surface area is 183 Å². The van der Waals surface area contributed by atoms with E-state index in [0.717, 1.165) is 11.0 Å². The zero-order valence-corrected chi connectivity index (χ0v) is 17.4. The fraction of sp³-hybridized carbons (Fsp3) is 0.208. The molecule has 1 aliphatic heterocycles. The maximum Gasteiger partial charge on any atom is 0.257 e. The summed E-state index contributed by atoms with van der Waals surface area (Å²) in [6, 6.07) is 13.5. The second kappa shape index (κ2) is 7.97. The summed E-state index contributed by atoms with van der Waals surface area (Å²) in [6.45, 7) is 1.88. The highest BCUT2D eigenvalue weighted by Crippen LogP contribution is 2.28. The van der Waals surface area contributed by atoms with Gasteiger partial charge in [0.25, 0.3) is 5.91 Å². The van der Waals surface area contributed by atoms with Crippen LogP contribution in [-0.2, 0) is 4.74 Å². The van der Waals surface area contributed by atoms with Crippen molar-refractivity contribution in [3.8, 4) is 11.5 Å². The van der Waals surface area contributed by atoms with E-state index in [0.29, 0.717) is 43.3 Å². The molecule has 0 atom stereocenters. The third-order valence-electron chi connectivity index (χ3n) is 5.64. The van der Waals surface area contributed by atoms with Crippen molar-refractivity contribution in [1.82, 2.24) is 14.3 Å². The number of nitrogens with zero attached hydrogens (tertiary/aromatic N) is 3. The number of rotatable bonds is 4. The number of fused-ring (bicyclic) bond motifs is 3. The minimum absolute atomic E-state index is 0.0953. The number of amides is 1. The highest BCUT2D eigenvalue weighted by molar-refractivity contribution is 6.13. The van der Waals surface area contributed by atoms with Gasteiger partial charge in [-0.1, -0.05) is 12.1 Å². The van der Waals surface area contributed by atoms with E-state index >= 15 is 0 Å². The second-order valence-electron chi connectivity index (χ2n) is 7.55. The molecule has 162 valence electrons. The molecular formula is C24H21N3O5. The third-order valence-corrected chi connectivity index (χ3v) is 5.64. The van der Waals surface area contributed by atoms with Gasteiger partial charge in [-0.2, -0.15) is 0 Å². The van der Waals surface area contributed by atoms with Crippen LogP contribution in [0.2, 0.25) is 0 Å². The van der Waals surface area contributed by atoms with Gasteiger partial charge in [0.2, 0.25) is 0 Å². The Kier molecular flexibility index (Phi) is 4.99. The number of phenols is 1. The number of carbonyl (C=O) groups is 2. The van der Waals surface area contributed by atoms with Gasteiger partial charge in [-0.3, -0.25) is 14.0 Å². The van der Waals surface area contributed by atoms with Crippen molar-refractivity contribution in [3.05, 3.63) is 71.4 Å². The minimum atomic E-state index is -0.419. The van der Waals surface area contributed by atoms with Gasteiger partial charge in [-0.25, -0.2) is 4.98 Å². The van der Waals surface area contributed by atoms with Crippen LogP contribution in [0.5, 0.6) is 11.5 Å². The predicted octanol–water partition coefficient (Wildman–Crippen LogP) is 2.91. The van der Waals surface area contributed by atoms with Crippen LogP contribution in [0.3, 0.4) is 0 Å². The first-order valence-electron chi connectivity index (χ1n) is 10.3. The van der Waals surface area contributed by atoms with Crippen molar-refractivity contribution in [1.29, 1.82) is 0 Å². The Hall–Kier alpha value is -3.91. The van der Waals surface area contributed by atoms with Crippen molar-refractivity contribution < 1.29 is 24.2 Å². The summed E-state index contributed by atoms with van der Waals surface area (Å²) in [4.78, 5) is 33.2. The van der Waals surface area contributed by atoms with Crippen molar-refractivity contribution in [2.45, 2.75) is 0 Å².